The van der Waals surface area contributed by atoms with Crippen molar-refractivity contribution in [3.8, 4) is 0 Å². The molecule has 108 valence electrons. The highest BCUT2D eigenvalue weighted by Crippen LogP contribution is 2.25. The molecule has 1 N–H and O–H groups in total. The summed E-state index contributed by atoms with van der Waals surface area (Å²) in [6.07, 6.45) is 0. The van der Waals surface area contributed by atoms with Gasteiger partial charge in [-0.15, -0.1) is 11.3 Å². The minimum atomic E-state index is -0.269. The maximum atomic E-state index is 12.2. The van der Waals surface area contributed by atoms with Crippen LogP contribution in [0.5, 0.6) is 0 Å². The Kier molecular flexibility index (Phi) is 3.70. The van der Waals surface area contributed by atoms with Crippen molar-refractivity contribution in [1.29, 1.82) is 0 Å². The summed E-state index contributed by atoms with van der Waals surface area (Å²) in [7, 11) is 0. The Bertz CT molecular complexity index is 776. The fraction of sp³-hybridized carbons (Fsp3) is 0.267. The van der Waals surface area contributed by atoms with Crippen LogP contribution in [-0.4, -0.2) is 21.4 Å². The van der Waals surface area contributed by atoms with E-state index in [-0.39, 0.29) is 12.6 Å². The van der Waals surface area contributed by atoms with Crippen LogP contribution in [0, 0.1) is 0 Å². The number of carbonyl (C=O) groups is 1. The number of esters is 1. The molecule has 2 aromatic heterocycles. The zero-order valence-corrected chi connectivity index (χ0v) is 12.6. The summed E-state index contributed by atoms with van der Waals surface area (Å²) in [6, 6.07) is 7.58. The van der Waals surface area contributed by atoms with Crippen LogP contribution in [0.4, 0.5) is 0 Å². The first-order valence-corrected chi connectivity index (χ1v) is 7.57. The molecule has 0 fully saturated rings. The zero-order valence-electron chi connectivity index (χ0n) is 11.8. The molecule has 5 nitrogen and oxygen atoms in total. The molecule has 3 aromatic rings. The number of rotatable bonds is 4. The van der Waals surface area contributed by atoms with Gasteiger partial charge in [-0.05, 0) is 40.6 Å². The Labute approximate surface area is 125 Å². The molecule has 0 amide bonds. The lowest BCUT2D eigenvalue weighted by molar-refractivity contribution is 0.0477. The van der Waals surface area contributed by atoms with Crippen molar-refractivity contribution in [3.05, 3.63) is 45.6 Å². The summed E-state index contributed by atoms with van der Waals surface area (Å²) < 4.78 is 5.40. The third kappa shape index (κ3) is 2.80. The summed E-state index contributed by atoms with van der Waals surface area (Å²) in [5.41, 5.74) is 3.50. The molecule has 21 heavy (non-hydrogen) atoms. The van der Waals surface area contributed by atoms with E-state index in [9.17, 15) is 4.79 Å². The number of aromatic amines is 1. The molecule has 0 aliphatic carbocycles. The van der Waals surface area contributed by atoms with E-state index in [4.69, 9.17) is 4.74 Å². The van der Waals surface area contributed by atoms with Gasteiger partial charge in [0.2, 0.25) is 0 Å². The Balaban J connectivity index is 1.71. The number of hydrogen-bond donors (Lipinski definition) is 1. The van der Waals surface area contributed by atoms with Gasteiger partial charge in [-0.1, -0.05) is 19.9 Å². The van der Waals surface area contributed by atoms with Gasteiger partial charge in [0.25, 0.3) is 0 Å². The lowest BCUT2D eigenvalue weighted by Crippen LogP contribution is -2.06. The molecule has 0 aliphatic heterocycles. The molecule has 6 heteroatoms. The second kappa shape index (κ2) is 5.65. The maximum Gasteiger partial charge on any atom is 0.348 e. The first kappa shape index (κ1) is 13.8. The largest absolute Gasteiger partial charge is 0.457 e. The minimum Gasteiger partial charge on any atom is -0.457 e. The van der Waals surface area contributed by atoms with E-state index >= 15 is 0 Å². The minimum absolute atomic E-state index is 0.233. The van der Waals surface area contributed by atoms with E-state index in [1.54, 1.807) is 0 Å². The van der Waals surface area contributed by atoms with Gasteiger partial charge in [-0.3, -0.25) is 0 Å². The number of aromatic nitrogens is 3. The fourth-order valence-electron chi connectivity index (χ4n) is 2.13. The molecular formula is C15H15N3O2S. The molecule has 0 spiro atoms. The lowest BCUT2D eigenvalue weighted by Gasteiger charge is -2.07. The zero-order chi connectivity index (χ0) is 14.8. The standard InChI is InChI=1S/C15H15N3O2S/c1-9(2)11-5-6-21-14(11)15(19)20-8-10-3-4-12-13(7-10)17-18-16-12/h3-7,9H,8H2,1-2H3,(H,16,17,18). The number of carbonyl (C=O) groups excluding carboxylic acids is 1. The number of fused-ring (bicyclic) bond motifs is 1. The summed E-state index contributed by atoms with van der Waals surface area (Å²) in [5.74, 6) is 0.0410. The van der Waals surface area contributed by atoms with E-state index in [0.717, 1.165) is 22.2 Å². The van der Waals surface area contributed by atoms with Crippen LogP contribution in [0.15, 0.2) is 29.6 Å². The predicted octanol–water partition coefficient (Wildman–Crippen LogP) is 3.50. The number of H-pyrrole nitrogens is 1. The van der Waals surface area contributed by atoms with Crippen molar-refractivity contribution in [2.45, 2.75) is 26.4 Å². The monoisotopic (exact) mass is 301 g/mol. The number of hydrogen-bond acceptors (Lipinski definition) is 5. The topological polar surface area (TPSA) is 67.9 Å². The number of nitrogens with zero attached hydrogens (tertiary/aromatic N) is 2. The van der Waals surface area contributed by atoms with Crippen LogP contribution in [0.3, 0.4) is 0 Å². The van der Waals surface area contributed by atoms with Crippen molar-refractivity contribution >= 4 is 28.3 Å². The van der Waals surface area contributed by atoms with Gasteiger partial charge in [0.15, 0.2) is 0 Å². The summed E-state index contributed by atoms with van der Waals surface area (Å²) in [4.78, 5) is 12.9. The maximum absolute atomic E-state index is 12.2. The van der Waals surface area contributed by atoms with E-state index < -0.39 is 0 Å². The van der Waals surface area contributed by atoms with Crippen LogP contribution in [0.1, 0.15) is 40.6 Å². The molecule has 0 saturated heterocycles. The van der Waals surface area contributed by atoms with Gasteiger partial charge in [-0.25, -0.2) is 4.79 Å². The Morgan fingerprint density at radius 2 is 2.10 bits per heavy atom. The first-order chi connectivity index (χ1) is 10.1. The molecule has 3 rings (SSSR count). The van der Waals surface area contributed by atoms with Gasteiger partial charge < -0.3 is 4.74 Å². The molecule has 0 saturated carbocycles. The molecule has 0 radical (unpaired) electrons. The number of thiophene rings is 1. The average molecular weight is 301 g/mol. The van der Waals surface area contributed by atoms with Crippen LogP contribution in [-0.2, 0) is 11.3 Å². The molecule has 1 aromatic carbocycles. The molecule has 0 bridgehead atoms. The highest BCUT2D eigenvalue weighted by atomic mass is 32.1. The smallest absolute Gasteiger partial charge is 0.348 e. The van der Waals surface area contributed by atoms with Crippen molar-refractivity contribution in [3.63, 3.8) is 0 Å². The van der Waals surface area contributed by atoms with E-state index in [1.807, 2.05) is 29.6 Å². The highest BCUT2D eigenvalue weighted by molar-refractivity contribution is 7.12. The third-order valence-electron chi connectivity index (χ3n) is 3.25. The predicted molar refractivity (Wildman–Crippen MR) is 81.4 cm³/mol. The Morgan fingerprint density at radius 1 is 1.29 bits per heavy atom. The molecule has 0 aliphatic rings. The van der Waals surface area contributed by atoms with Gasteiger partial charge >= 0.3 is 5.97 Å². The molecule has 0 unspecified atom stereocenters. The fourth-order valence-corrected chi connectivity index (χ4v) is 3.08. The highest BCUT2D eigenvalue weighted by Gasteiger charge is 2.16. The Hall–Kier alpha value is -2.21. The van der Waals surface area contributed by atoms with Crippen LogP contribution >= 0.6 is 11.3 Å². The normalized spacial score (nSPS) is 11.2. The number of nitrogens with one attached hydrogen (secondary N) is 1. The molecule has 0 atom stereocenters. The quantitative estimate of drug-likeness (QED) is 0.749. The van der Waals surface area contributed by atoms with E-state index in [2.05, 4.69) is 29.3 Å². The van der Waals surface area contributed by atoms with Crippen LogP contribution in [0.2, 0.25) is 0 Å². The first-order valence-electron chi connectivity index (χ1n) is 6.69. The summed E-state index contributed by atoms with van der Waals surface area (Å²) in [6.45, 7) is 4.37. The SMILES string of the molecule is CC(C)c1ccsc1C(=O)OCc1ccc2n[nH]nc2c1. The summed E-state index contributed by atoms with van der Waals surface area (Å²) in [5, 5.41) is 12.5. The van der Waals surface area contributed by atoms with Crippen molar-refractivity contribution in [2.75, 3.05) is 0 Å². The van der Waals surface area contributed by atoms with Gasteiger partial charge in [0.1, 0.15) is 22.5 Å². The van der Waals surface area contributed by atoms with Crippen LogP contribution < -0.4 is 0 Å². The van der Waals surface area contributed by atoms with Gasteiger partial charge in [0.05, 0.1) is 0 Å². The average Bonchev–Trinajstić information content (AvgIpc) is 3.12. The second-order valence-electron chi connectivity index (χ2n) is 5.08. The second-order valence-corrected chi connectivity index (χ2v) is 6.00. The molecule has 2 heterocycles. The van der Waals surface area contributed by atoms with Crippen molar-refractivity contribution in [1.82, 2.24) is 15.4 Å². The number of ether oxygens (including phenoxy) is 1. The Morgan fingerprint density at radius 3 is 2.90 bits per heavy atom. The third-order valence-corrected chi connectivity index (χ3v) is 4.16. The van der Waals surface area contributed by atoms with Gasteiger partial charge in [0, 0.05) is 0 Å². The van der Waals surface area contributed by atoms with E-state index in [1.165, 1.54) is 11.3 Å². The van der Waals surface area contributed by atoms with E-state index in [0.29, 0.717) is 10.8 Å². The van der Waals surface area contributed by atoms with Crippen molar-refractivity contribution in [2.24, 2.45) is 0 Å². The van der Waals surface area contributed by atoms with Crippen LogP contribution in [0.25, 0.3) is 11.0 Å². The van der Waals surface area contributed by atoms with Gasteiger partial charge in [-0.2, -0.15) is 15.4 Å². The molecular weight excluding hydrogens is 286 g/mol. The lowest BCUT2D eigenvalue weighted by atomic mass is 10.0. The number of benzene rings is 1. The van der Waals surface area contributed by atoms with Crippen molar-refractivity contribution < 1.29 is 9.53 Å². The summed E-state index contributed by atoms with van der Waals surface area (Å²) >= 11 is 1.42.